The standard InChI is InChI=1S/C20H24N4O3/c1-13(2)24-11-5-6-14(24)12-21-18(25)10-9-17-20(27)22-16-8-4-3-7-15(16)19(26)23-17/h3-8,11,13,17H,9-10,12H2,1-2H3,(H,21,25)(H,22,27)(H,23,26)/t17-/m1/s1. The van der Waals surface area contributed by atoms with Crippen molar-refractivity contribution in [2.75, 3.05) is 5.32 Å². The highest BCUT2D eigenvalue weighted by Crippen LogP contribution is 2.19. The molecule has 1 aliphatic rings. The molecule has 27 heavy (non-hydrogen) atoms. The summed E-state index contributed by atoms with van der Waals surface area (Å²) in [5.41, 5.74) is 1.93. The average Bonchev–Trinajstić information content (AvgIpc) is 3.08. The van der Waals surface area contributed by atoms with Crippen LogP contribution >= 0.6 is 0 Å². The maximum atomic E-state index is 12.3. The molecular formula is C20H24N4O3. The maximum absolute atomic E-state index is 12.3. The first-order valence-electron chi connectivity index (χ1n) is 9.09. The number of anilines is 1. The summed E-state index contributed by atoms with van der Waals surface area (Å²) >= 11 is 0. The highest BCUT2D eigenvalue weighted by molar-refractivity contribution is 6.09. The van der Waals surface area contributed by atoms with Gasteiger partial charge in [-0.1, -0.05) is 12.1 Å². The molecule has 1 aliphatic heterocycles. The number of nitrogens with one attached hydrogen (secondary N) is 3. The molecule has 0 bridgehead atoms. The second-order valence-electron chi connectivity index (χ2n) is 6.88. The largest absolute Gasteiger partial charge is 0.351 e. The van der Waals surface area contributed by atoms with E-state index >= 15 is 0 Å². The molecule has 0 saturated carbocycles. The van der Waals surface area contributed by atoms with Crippen LogP contribution in [0.4, 0.5) is 5.69 Å². The molecule has 1 aromatic carbocycles. The predicted octanol–water partition coefficient (Wildman–Crippen LogP) is 2.22. The van der Waals surface area contributed by atoms with Crippen LogP contribution in [0.3, 0.4) is 0 Å². The van der Waals surface area contributed by atoms with Gasteiger partial charge in [0.15, 0.2) is 0 Å². The lowest BCUT2D eigenvalue weighted by Gasteiger charge is -2.15. The van der Waals surface area contributed by atoms with Crippen molar-refractivity contribution in [3.63, 3.8) is 0 Å². The molecular weight excluding hydrogens is 344 g/mol. The molecule has 0 unspecified atom stereocenters. The molecule has 7 heteroatoms. The number of hydrogen-bond acceptors (Lipinski definition) is 3. The summed E-state index contributed by atoms with van der Waals surface area (Å²) in [6.45, 7) is 4.59. The molecule has 3 rings (SSSR count). The monoisotopic (exact) mass is 368 g/mol. The third-order valence-corrected chi connectivity index (χ3v) is 4.60. The van der Waals surface area contributed by atoms with Gasteiger partial charge in [0.2, 0.25) is 11.8 Å². The van der Waals surface area contributed by atoms with Gasteiger partial charge in [0.1, 0.15) is 6.04 Å². The van der Waals surface area contributed by atoms with E-state index in [1.165, 1.54) is 0 Å². The van der Waals surface area contributed by atoms with Crippen molar-refractivity contribution in [1.29, 1.82) is 0 Å². The van der Waals surface area contributed by atoms with Crippen LogP contribution in [0, 0.1) is 0 Å². The number of amides is 3. The molecule has 3 N–H and O–H groups in total. The predicted molar refractivity (Wildman–Crippen MR) is 102 cm³/mol. The van der Waals surface area contributed by atoms with Gasteiger partial charge in [0.05, 0.1) is 17.8 Å². The van der Waals surface area contributed by atoms with Crippen molar-refractivity contribution in [1.82, 2.24) is 15.2 Å². The normalized spacial score (nSPS) is 16.3. The SMILES string of the molecule is CC(C)n1cccc1CNC(=O)CC[C@H]1NC(=O)c2ccccc2NC1=O. The molecule has 1 atom stereocenters. The van der Waals surface area contributed by atoms with E-state index in [0.717, 1.165) is 5.69 Å². The Balaban J connectivity index is 1.54. The van der Waals surface area contributed by atoms with E-state index in [9.17, 15) is 14.4 Å². The van der Waals surface area contributed by atoms with Crippen molar-refractivity contribution in [3.05, 3.63) is 53.9 Å². The van der Waals surface area contributed by atoms with Gasteiger partial charge in [0, 0.05) is 24.4 Å². The Kier molecular flexibility index (Phi) is 5.59. The van der Waals surface area contributed by atoms with Gasteiger partial charge >= 0.3 is 0 Å². The molecule has 0 saturated heterocycles. The molecule has 0 aliphatic carbocycles. The summed E-state index contributed by atoms with van der Waals surface area (Å²) in [6.07, 6.45) is 2.37. The van der Waals surface area contributed by atoms with Crippen LogP contribution in [0.25, 0.3) is 0 Å². The topological polar surface area (TPSA) is 92.2 Å². The number of carbonyl (C=O) groups is 3. The number of hydrogen-bond donors (Lipinski definition) is 3. The lowest BCUT2D eigenvalue weighted by Crippen LogP contribution is -2.42. The highest BCUT2D eigenvalue weighted by atomic mass is 16.2. The molecule has 1 aromatic heterocycles. The minimum Gasteiger partial charge on any atom is -0.351 e. The number of rotatable bonds is 6. The molecule has 7 nitrogen and oxygen atoms in total. The van der Waals surface area contributed by atoms with Crippen LogP contribution in [-0.4, -0.2) is 28.3 Å². The van der Waals surface area contributed by atoms with E-state index < -0.39 is 6.04 Å². The van der Waals surface area contributed by atoms with E-state index in [1.807, 2.05) is 18.3 Å². The molecule has 3 amide bonds. The first-order chi connectivity index (χ1) is 13.0. The molecule has 0 fully saturated rings. The van der Waals surface area contributed by atoms with Crippen molar-refractivity contribution in [3.8, 4) is 0 Å². The number of carbonyl (C=O) groups excluding carboxylic acids is 3. The molecule has 142 valence electrons. The molecule has 0 spiro atoms. The number of nitrogens with zero attached hydrogens (tertiary/aromatic N) is 1. The zero-order valence-electron chi connectivity index (χ0n) is 15.5. The maximum Gasteiger partial charge on any atom is 0.254 e. The minimum absolute atomic E-state index is 0.150. The fourth-order valence-electron chi connectivity index (χ4n) is 3.15. The van der Waals surface area contributed by atoms with E-state index in [4.69, 9.17) is 0 Å². The summed E-state index contributed by atoms with van der Waals surface area (Å²) in [6, 6.07) is 10.3. The second-order valence-corrected chi connectivity index (χ2v) is 6.88. The Morgan fingerprint density at radius 2 is 1.96 bits per heavy atom. The van der Waals surface area contributed by atoms with E-state index in [0.29, 0.717) is 23.8 Å². The molecule has 2 heterocycles. The van der Waals surface area contributed by atoms with Crippen LogP contribution in [0.5, 0.6) is 0 Å². The van der Waals surface area contributed by atoms with Gasteiger partial charge in [-0.15, -0.1) is 0 Å². The summed E-state index contributed by atoms with van der Waals surface area (Å²) in [7, 11) is 0. The van der Waals surface area contributed by atoms with Crippen LogP contribution < -0.4 is 16.0 Å². The van der Waals surface area contributed by atoms with Crippen LogP contribution in [0.1, 0.15) is 48.8 Å². The number of fused-ring (bicyclic) bond motifs is 1. The number of aromatic nitrogens is 1. The average molecular weight is 368 g/mol. The Labute approximate surface area is 158 Å². The summed E-state index contributed by atoms with van der Waals surface area (Å²) in [5.74, 6) is -0.783. The van der Waals surface area contributed by atoms with Crippen molar-refractivity contribution in [2.24, 2.45) is 0 Å². The summed E-state index contributed by atoms with van der Waals surface area (Å²) in [5, 5.41) is 8.32. The van der Waals surface area contributed by atoms with Gasteiger partial charge in [-0.25, -0.2) is 0 Å². The molecule has 0 radical (unpaired) electrons. The third-order valence-electron chi connectivity index (χ3n) is 4.60. The first kappa shape index (κ1) is 18.7. The van der Waals surface area contributed by atoms with Gasteiger partial charge in [-0.05, 0) is 44.5 Å². The van der Waals surface area contributed by atoms with Gasteiger partial charge in [-0.2, -0.15) is 0 Å². The summed E-state index contributed by atoms with van der Waals surface area (Å²) < 4.78 is 2.09. The highest BCUT2D eigenvalue weighted by Gasteiger charge is 2.27. The summed E-state index contributed by atoms with van der Waals surface area (Å²) in [4.78, 5) is 36.8. The number of para-hydroxylation sites is 1. The quantitative estimate of drug-likeness (QED) is 0.730. The van der Waals surface area contributed by atoms with E-state index in [2.05, 4.69) is 34.4 Å². The molecule has 2 aromatic rings. The van der Waals surface area contributed by atoms with Crippen molar-refractivity contribution in [2.45, 2.75) is 45.3 Å². The van der Waals surface area contributed by atoms with Crippen LogP contribution in [-0.2, 0) is 16.1 Å². The Hall–Kier alpha value is -3.09. The van der Waals surface area contributed by atoms with Gasteiger partial charge in [0.25, 0.3) is 5.91 Å². The van der Waals surface area contributed by atoms with Crippen LogP contribution in [0.15, 0.2) is 42.6 Å². The van der Waals surface area contributed by atoms with E-state index in [-0.39, 0.29) is 30.6 Å². The Morgan fingerprint density at radius 1 is 1.19 bits per heavy atom. The van der Waals surface area contributed by atoms with Gasteiger partial charge < -0.3 is 20.5 Å². The fourth-order valence-corrected chi connectivity index (χ4v) is 3.15. The first-order valence-corrected chi connectivity index (χ1v) is 9.09. The Bertz CT molecular complexity index is 856. The zero-order chi connectivity index (χ0) is 19.4. The minimum atomic E-state index is -0.741. The smallest absolute Gasteiger partial charge is 0.254 e. The lowest BCUT2D eigenvalue weighted by molar-refractivity contribution is -0.122. The lowest BCUT2D eigenvalue weighted by atomic mass is 10.1. The van der Waals surface area contributed by atoms with Crippen molar-refractivity contribution < 1.29 is 14.4 Å². The van der Waals surface area contributed by atoms with Crippen LogP contribution in [0.2, 0.25) is 0 Å². The van der Waals surface area contributed by atoms with Crippen molar-refractivity contribution >= 4 is 23.4 Å². The second kappa shape index (κ2) is 8.07. The third kappa shape index (κ3) is 4.36. The van der Waals surface area contributed by atoms with Gasteiger partial charge in [-0.3, -0.25) is 14.4 Å². The fraction of sp³-hybridized carbons (Fsp3) is 0.350. The zero-order valence-corrected chi connectivity index (χ0v) is 15.5. The number of benzene rings is 1. The Morgan fingerprint density at radius 3 is 2.74 bits per heavy atom. The van der Waals surface area contributed by atoms with E-state index in [1.54, 1.807) is 24.3 Å².